The van der Waals surface area contributed by atoms with Gasteiger partial charge in [0.05, 0.1) is 4.90 Å². The minimum absolute atomic E-state index is 0.211. The second-order valence-corrected chi connectivity index (χ2v) is 9.23. The molecule has 7 heteroatoms. The molecule has 1 N–H and O–H groups in total. The van der Waals surface area contributed by atoms with Crippen LogP contribution in [0.2, 0.25) is 0 Å². The topological polar surface area (TPSA) is 66.5 Å². The van der Waals surface area contributed by atoms with Crippen molar-refractivity contribution in [3.63, 3.8) is 0 Å². The summed E-state index contributed by atoms with van der Waals surface area (Å²) in [5, 5.41) is 2.79. The number of sulfonamides is 1. The van der Waals surface area contributed by atoms with E-state index >= 15 is 0 Å². The smallest absolute Gasteiger partial charge is 0.255 e. The Balaban J connectivity index is 1.87. The number of benzene rings is 2. The Hall–Kier alpha value is -1.70. The van der Waals surface area contributed by atoms with Crippen molar-refractivity contribution < 1.29 is 13.2 Å². The fourth-order valence-corrected chi connectivity index (χ4v) is 5.03. The predicted molar refractivity (Wildman–Crippen MR) is 106 cm³/mol. The molecule has 0 unspecified atom stereocenters. The van der Waals surface area contributed by atoms with E-state index in [1.807, 2.05) is 12.1 Å². The molecule has 1 saturated heterocycles. The molecular formula is C19H21BrN2O3S. The Morgan fingerprint density at radius 3 is 2.35 bits per heavy atom. The second-order valence-electron chi connectivity index (χ2n) is 6.41. The van der Waals surface area contributed by atoms with Gasteiger partial charge in [-0.1, -0.05) is 28.4 Å². The molecule has 1 heterocycles. The maximum absolute atomic E-state index is 13.0. The highest BCUT2D eigenvalue weighted by Crippen LogP contribution is 2.25. The van der Waals surface area contributed by atoms with E-state index in [-0.39, 0.29) is 10.8 Å². The van der Waals surface area contributed by atoms with Crippen LogP contribution in [0.4, 0.5) is 5.69 Å². The van der Waals surface area contributed by atoms with Crippen LogP contribution < -0.4 is 5.32 Å². The van der Waals surface area contributed by atoms with Crippen molar-refractivity contribution in [3.8, 4) is 0 Å². The van der Waals surface area contributed by atoms with Crippen LogP contribution in [0.1, 0.15) is 35.2 Å². The number of nitrogens with zero attached hydrogens (tertiary/aromatic N) is 1. The minimum Gasteiger partial charge on any atom is -0.322 e. The van der Waals surface area contributed by atoms with Crippen LogP contribution in [0.5, 0.6) is 0 Å². The number of carbonyl (C=O) groups excluding carboxylic acids is 1. The average Bonchev–Trinajstić information content (AvgIpc) is 2.64. The minimum atomic E-state index is -3.58. The summed E-state index contributed by atoms with van der Waals surface area (Å²) in [6, 6.07) is 12.0. The first kappa shape index (κ1) is 19.1. The molecule has 5 nitrogen and oxygen atoms in total. The van der Waals surface area contributed by atoms with Crippen LogP contribution in [0.3, 0.4) is 0 Å². The molecule has 1 fully saturated rings. The SMILES string of the molecule is Cc1ccc(C(=O)Nc2ccc(Br)cc2)cc1S(=O)(=O)N1CCCCC1. The van der Waals surface area contributed by atoms with Gasteiger partial charge in [0, 0.05) is 28.8 Å². The monoisotopic (exact) mass is 436 g/mol. The van der Waals surface area contributed by atoms with E-state index < -0.39 is 10.0 Å². The molecule has 1 aliphatic heterocycles. The fraction of sp³-hybridized carbons (Fsp3) is 0.316. The van der Waals surface area contributed by atoms with Crippen LogP contribution in [-0.2, 0) is 10.0 Å². The summed E-state index contributed by atoms with van der Waals surface area (Å²) in [6.45, 7) is 2.83. The first-order valence-corrected chi connectivity index (χ1v) is 10.8. The Bertz CT molecular complexity index is 905. The lowest BCUT2D eigenvalue weighted by Crippen LogP contribution is -2.36. The van der Waals surface area contributed by atoms with E-state index in [1.165, 1.54) is 10.4 Å². The van der Waals surface area contributed by atoms with Gasteiger partial charge in [0.2, 0.25) is 10.0 Å². The highest BCUT2D eigenvalue weighted by molar-refractivity contribution is 9.10. The molecule has 1 amide bonds. The first-order chi connectivity index (χ1) is 12.4. The second kappa shape index (κ2) is 7.90. The van der Waals surface area contributed by atoms with Crippen molar-refractivity contribution >= 4 is 37.5 Å². The molecule has 0 radical (unpaired) electrons. The van der Waals surface area contributed by atoms with Crippen LogP contribution in [0.25, 0.3) is 0 Å². The number of rotatable bonds is 4. The first-order valence-electron chi connectivity index (χ1n) is 8.55. The Morgan fingerprint density at radius 1 is 1.04 bits per heavy atom. The lowest BCUT2D eigenvalue weighted by Gasteiger charge is -2.26. The van der Waals surface area contributed by atoms with Crippen LogP contribution in [-0.4, -0.2) is 31.7 Å². The van der Waals surface area contributed by atoms with Crippen molar-refractivity contribution in [1.29, 1.82) is 0 Å². The van der Waals surface area contributed by atoms with Crippen molar-refractivity contribution in [3.05, 3.63) is 58.1 Å². The Kier molecular flexibility index (Phi) is 5.79. The van der Waals surface area contributed by atoms with Gasteiger partial charge in [-0.25, -0.2) is 8.42 Å². The van der Waals surface area contributed by atoms with Gasteiger partial charge >= 0.3 is 0 Å². The molecular weight excluding hydrogens is 416 g/mol. The zero-order chi connectivity index (χ0) is 18.7. The summed E-state index contributed by atoms with van der Waals surface area (Å²) >= 11 is 3.35. The number of nitrogens with one attached hydrogen (secondary N) is 1. The summed E-state index contributed by atoms with van der Waals surface area (Å²) in [7, 11) is -3.58. The van der Waals surface area contributed by atoms with Gasteiger partial charge in [0.15, 0.2) is 0 Å². The Labute approximate surface area is 162 Å². The van der Waals surface area contributed by atoms with Gasteiger partial charge in [-0.15, -0.1) is 0 Å². The summed E-state index contributed by atoms with van der Waals surface area (Å²) in [5.74, 6) is -0.331. The normalized spacial score (nSPS) is 15.6. The van der Waals surface area contributed by atoms with Crippen molar-refractivity contribution in [2.75, 3.05) is 18.4 Å². The van der Waals surface area contributed by atoms with Crippen molar-refractivity contribution in [1.82, 2.24) is 4.31 Å². The average molecular weight is 437 g/mol. The maximum Gasteiger partial charge on any atom is 0.255 e. The summed E-state index contributed by atoms with van der Waals surface area (Å²) in [4.78, 5) is 12.7. The summed E-state index contributed by atoms with van der Waals surface area (Å²) in [6.07, 6.45) is 2.81. The van der Waals surface area contributed by atoms with E-state index in [4.69, 9.17) is 0 Å². The highest BCUT2D eigenvalue weighted by atomic mass is 79.9. The third kappa shape index (κ3) is 4.16. The zero-order valence-corrected chi connectivity index (χ0v) is 16.9. The third-order valence-electron chi connectivity index (χ3n) is 4.49. The van der Waals surface area contributed by atoms with Crippen LogP contribution in [0, 0.1) is 6.92 Å². The lowest BCUT2D eigenvalue weighted by atomic mass is 10.1. The maximum atomic E-state index is 13.0. The molecule has 0 saturated carbocycles. The third-order valence-corrected chi connectivity index (χ3v) is 7.05. The van der Waals surface area contributed by atoms with Gasteiger partial charge in [-0.2, -0.15) is 4.31 Å². The molecule has 26 heavy (non-hydrogen) atoms. The zero-order valence-electron chi connectivity index (χ0n) is 14.5. The number of amides is 1. The highest BCUT2D eigenvalue weighted by Gasteiger charge is 2.28. The van der Waals surface area contributed by atoms with Gasteiger partial charge < -0.3 is 5.32 Å². The number of piperidine rings is 1. The molecule has 1 aliphatic rings. The van der Waals surface area contributed by atoms with E-state index in [0.717, 1.165) is 23.7 Å². The molecule has 2 aromatic carbocycles. The number of carbonyl (C=O) groups is 1. The van der Waals surface area contributed by atoms with Crippen LogP contribution >= 0.6 is 15.9 Å². The fourth-order valence-electron chi connectivity index (χ4n) is 3.00. The lowest BCUT2D eigenvalue weighted by molar-refractivity contribution is 0.102. The van der Waals surface area contributed by atoms with Gasteiger partial charge in [-0.05, 0) is 61.7 Å². The molecule has 0 aromatic heterocycles. The number of anilines is 1. The van der Waals surface area contributed by atoms with E-state index in [0.29, 0.717) is 29.9 Å². The van der Waals surface area contributed by atoms with E-state index in [9.17, 15) is 13.2 Å². The molecule has 0 atom stereocenters. The van der Waals surface area contributed by atoms with Crippen LogP contribution in [0.15, 0.2) is 51.8 Å². The largest absolute Gasteiger partial charge is 0.322 e. The summed E-state index contributed by atoms with van der Waals surface area (Å²) < 4.78 is 28.4. The molecule has 2 aromatic rings. The van der Waals surface area contributed by atoms with Crippen molar-refractivity contribution in [2.45, 2.75) is 31.1 Å². The standard InChI is InChI=1S/C19H21BrN2O3S/c1-14-5-6-15(19(23)21-17-9-7-16(20)8-10-17)13-18(14)26(24,25)22-11-3-2-4-12-22/h5-10,13H,2-4,11-12H2,1H3,(H,21,23). The van der Waals surface area contributed by atoms with Gasteiger partial charge in [0.1, 0.15) is 0 Å². The van der Waals surface area contributed by atoms with Gasteiger partial charge in [0.25, 0.3) is 5.91 Å². The van der Waals surface area contributed by atoms with Gasteiger partial charge in [-0.3, -0.25) is 4.79 Å². The number of halogens is 1. The molecule has 3 rings (SSSR count). The molecule has 0 bridgehead atoms. The molecule has 138 valence electrons. The summed E-state index contributed by atoms with van der Waals surface area (Å²) in [5.41, 5.74) is 1.63. The quantitative estimate of drug-likeness (QED) is 0.781. The molecule has 0 spiro atoms. The Morgan fingerprint density at radius 2 is 1.69 bits per heavy atom. The van der Waals surface area contributed by atoms with E-state index in [1.54, 1.807) is 31.2 Å². The number of hydrogen-bond acceptors (Lipinski definition) is 3. The van der Waals surface area contributed by atoms with E-state index in [2.05, 4.69) is 21.2 Å². The molecule has 0 aliphatic carbocycles. The number of aryl methyl sites for hydroxylation is 1. The predicted octanol–water partition coefficient (Wildman–Crippen LogP) is 4.18. The number of hydrogen-bond donors (Lipinski definition) is 1. The van der Waals surface area contributed by atoms with Crippen molar-refractivity contribution in [2.24, 2.45) is 0 Å².